The molecular weight excluding hydrogens is 1100 g/mol. The number of carbonyl (C=O) groups excluding carboxylic acids is 8. The van der Waals surface area contributed by atoms with Crippen molar-refractivity contribution < 1.29 is 53.7 Å². The molecule has 24 heteroatoms. The van der Waals surface area contributed by atoms with Crippen molar-refractivity contribution in [2.45, 2.75) is 127 Å². The second-order valence-electron chi connectivity index (χ2n) is 21.9. The van der Waals surface area contributed by atoms with Gasteiger partial charge in [0.05, 0.1) is 6.61 Å². The predicted octanol–water partition coefficient (Wildman–Crippen LogP) is 1.85. The number of aromatic nitrogens is 2. The van der Waals surface area contributed by atoms with E-state index in [9.17, 15) is 53.7 Å². The highest BCUT2D eigenvalue weighted by molar-refractivity contribution is 5.99. The van der Waals surface area contributed by atoms with Crippen molar-refractivity contribution >= 4 is 75.0 Å². The number of nitrogens with two attached hydrogens (primary N) is 2. The van der Waals surface area contributed by atoms with E-state index in [-0.39, 0.29) is 93.7 Å². The summed E-state index contributed by atoms with van der Waals surface area (Å²) in [4.78, 5) is 126. The molecule has 86 heavy (non-hydrogen) atoms. The average Bonchev–Trinajstić information content (AvgIpc) is 3.28. The molecule has 1 saturated heterocycles. The minimum atomic E-state index is -1.68. The molecule has 0 unspecified atom stereocenters. The van der Waals surface area contributed by atoms with Gasteiger partial charge in [0.2, 0.25) is 47.3 Å². The summed E-state index contributed by atoms with van der Waals surface area (Å²) in [5.41, 5.74) is 15.2. The first-order valence-electron chi connectivity index (χ1n) is 29.0. The Balaban J connectivity index is 1.14. The van der Waals surface area contributed by atoms with Crippen molar-refractivity contribution in [2.24, 2.45) is 22.4 Å². The number of H-pyrrole nitrogens is 2. The molecule has 458 valence electrons. The highest BCUT2D eigenvalue weighted by Crippen LogP contribution is 2.24. The fourth-order valence-electron chi connectivity index (χ4n) is 10.5. The van der Waals surface area contributed by atoms with Gasteiger partial charge in [0.25, 0.3) is 0 Å². The van der Waals surface area contributed by atoms with Gasteiger partial charge in [-0.3, -0.25) is 43.3 Å². The first-order chi connectivity index (χ1) is 41.3. The number of phenolic OH excluding ortho intramolecular Hbond substituents is 2. The number of benzene rings is 4. The lowest BCUT2D eigenvalue weighted by atomic mass is 9.99. The Bertz CT molecular complexity index is 3340. The number of aliphatic hydroxyl groups is 1. The topological polar surface area (TPSA) is 381 Å². The zero-order chi connectivity index (χ0) is 61.9. The van der Waals surface area contributed by atoms with E-state index >= 15 is 0 Å². The van der Waals surface area contributed by atoms with Crippen LogP contribution in [-0.2, 0) is 64.0 Å². The molecule has 1 aliphatic rings. The number of aliphatic hydroxyl groups excluding tert-OH is 1. The molecule has 0 radical (unpaired) electrons. The fourth-order valence-corrected chi connectivity index (χ4v) is 10.5. The smallest absolute Gasteiger partial charge is 0.245 e. The number of aliphatic imine (C=N–C) groups is 1. The van der Waals surface area contributed by atoms with Crippen LogP contribution in [-0.4, -0.2) is 152 Å². The van der Waals surface area contributed by atoms with Crippen LogP contribution in [0.5, 0.6) is 11.5 Å². The molecule has 0 bridgehead atoms. The van der Waals surface area contributed by atoms with Gasteiger partial charge in [-0.05, 0) is 110 Å². The Morgan fingerprint density at radius 1 is 0.628 bits per heavy atom. The Morgan fingerprint density at radius 2 is 1.12 bits per heavy atom. The number of aromatic amines is 2. The van der Waals surface area contributed by atoms with Crippen molar-refractivity contribution in [3.8, 4) is 11.5 Å². The molecule has 0 aliphatic carbocycles. The van der Waals surface area contributed by atoms with E-state index in [0.717, 1.165) is 27.4 Å². The minimum Gasteiger partial charge on any atom is -0.508 e. The summed E-state index contributed by atoms with van der Waals surface area (Å²) in [6, 6.07) is 17.8. The van der Waals surface area contributed by atoms with E-state index in [2.05, 4.69) is 52.2 Å². The van der Waals surface area contributed by atoms with Crippen LogP contribution in [0.4, 0.5) is 0 Å². The van der Waals surface area contributed by atoms with E-state index in [0.29, 0.717) is 36.1 Å². The number of fused-ring (bicyclic) bond motifs is 2. The Kier molecular flexibility index (Phi) is 23.0. The van der Waals surface area contributed by atoms with Gasteiger partial charge in [-0.15, -0.1) is 0 Å². The number of nitrogens with zero attached hydrogens (tertiary/aromatic N) is 2. The molecule has 4 aromatic carbocycles. The number of amides is 8. The van der Waals surface area contributed by atoms with Gasteiger partial charge < -0.3 is 78.9 Å². The van der Waals surface area contributed by atoms with Crippen LogP contribution in [0.1, 0.15) is 81.5 Å². The van der Waals surface area contributed by atoms with Gasteiger partial charge in [-0.1, -0.05) is 74.5 Å². The lowest BCUT2D eigenvalue weighted by Crippen LogP contribution is -2.61. The number of rotatable bonds is 30. The molecule has 1 aliphatic heterocycles. The molecule has 24 nitrogen and oxygen atoms in total. The van der Waals surface area contributed by atoms with Crippen LogP contribution >= 0.6 is 0 Å². The number of aromatic hydroxyl groups is 2. The van der Waals surface area contributed by atoms with Gasteiger partial charge in [0.15, 0.2) is 5.96 Å². The standard InChI is InChI=1S/C62H79N13O11/c1-4-65-60(85)53-16-10-28-75(53)61(86)47(15-9-27-66-62(63)64)70-55(80)48(29-36(2)3)71-58(83)51(32-40-34-68-46-14-8-6-12-44(40)46)73-56(81)49(30-38-19-24-42(78)25-20-38)72-59(84)52(35-76)74-57(82)50(31-39-33-67-45-13-7-5-11-43(39)45)69-54(79)26-21-37-17-22-41(77)23-18-37/h5-8,11-14,17-20,22-25,33-34,36,47-53,67-68,76-78H,4,9-10,15-16,21,26-32,35H2,1-3H3,(H,65,85)(H,69,79)(H,70,80)(H,71,83)(H,72,84)(H,73,81)(H,74,82)(H4,63,64,66)/t47-,48-,49-,50-,51+,52-,53+/m0/s1. The van der Waals surface area contributed by atoms with Crippen LogP contribution in [0, 0.1) is 5.92 Å². The van der Waals surface area contributed by atoms with E-state index in [1.807, 2.05) is 62.4 Å². The molecule has 3 heterocycles. The fraction of sp³-hybridized carbons (Fsp3) is 0.403. The third-order valence-corrected chi connectivity index (χ3v) is 15.0. The molecule has 8 amide bonds. The molecule has 0 spiro atoms. The number of aryl methyl sites for hydroxylation is 1. The number of likely N-dealkylation sites (tertiary alicyclic amines) is 1. The molecule has 6 aromatic rings. The third-order valence-electron chi connectivity index (χ3n) is 15.0. The van der Waals surface area contributed by atoms with Gasteiger partial charge in [0, 0.05) is 79.5 Å². The van der Waals surface area contributed by atoms with Crippen molar-refractivity contribution in [1.29, 1.82) is 0 Å². The summed E-state index contributed by atoms with van der Waals surface area (Å²) in [7, 11) is 0. The quantitative estimate of drug-likeness (QED) is 0.0174. The van der Waals surface area contributed by atoms with Gasteiger partial charge in [-0.2, -0.15) is 0 Å². The first kappa shape index (κ1) is 64.1. The van der Waals surface area contributed by atoms with Gasteiger partial charge >= 0.3 is 0 Å². The van der Waals surface area contributed by atoms with E-state index < -0.39 is 90.3 Å². The van der Waals surface area contributed by atoms with Crippen molar-refractivity contribution in [3.63, 3.8) is 0 Å². The number of hydrogen-bond donors (Lipinski definition) is 14. The SMILES string of the molecule is CCNC(=O)[C@H]1CCCN1C(=O)[C@H](CCCN=C(N)N)NC(=O)[C@H](CC(C)C)NC(=O)[C@@H](Cc1c[nH]c2ccccc12)NC(=O)[C@H](Cc1ccc(O)cc1)NC(=O)[C@H](CO)NC(=O)[C@H](Cc1c[nH]c2ccccc12)NC(=O)CCc1ccc(O)cc1. The highest BCUT2D eigenvalue weighted by Gasteiger charge is 2.39. The summed E-state index contributed by atoms with van der Waals surface area (Å²) >= 11 is 0. The predicted molar refractivity (Wildman–Crippen MR) is 324 cm³/mol. The maximum atomic E-state index is 15.0. The molecule has 2 aromatic heterocycles. The van der Waals surface area contributed by atoms with Crippen molar-refractivity contribution in [1.82, 2.24) is 52.1 Å². The zero-order valence-electron chi connectivity index (χ0n) is 48.6. The molecule has 1 fully saturated rings. The Hall–Kier alpha value is -9.45. The van der Waals surface area contributed by atoms with Crippen LogP contribution < -0.4 is 48.7 Å². The molecule has 7 atom stereocenters. The normalized spacial score (nSPS) is 15.1. The van der Waals surface area contributed by atoms with E-state index in [4.69, 9.17) is 11.5 Å². The highest BCUT2D eigenvalue weighted by atomic mass is 16.3. The summed E-state index contributed by atoms with van der Waals surface area (Å²) in [5, 5.41) is 51.5. The maximum Gasteiger partial charge on any atom is 0.245 e. The number of guanidine groups is 1. The summed E-state index contributed by atoms with van der Waals surface area (Å²) in [6.07, 6.45) is 4.72. The second-order valence-corrected chi connectivity index (χ2v) is 21.9. The lowest BCUT2D eigenvalue weighted by Gasteiger charge is -2.30. The number of hydrogen-bond acceptors (Lipinski definition) is 12. The molecular formula is C62H79N13O11. The Morgan fingerprint density at radius 3 is 1.66 bits per heavy atom. The molecule has 7 rings (SSSR count). The summed E-state index contributed by atoms with van der Waals surface area (Å²) in [5.74, 6) is -5.84. The third kappa shape index (κ3) is 18.0. The van der Waals surface area contributed by atoms with Crippen molar-refractivity contribution in [2.75, 3.05) is 26.2 Å². The van der Waals surface area contributed by atoms with Gasteiger partial charge in [0.1, 0.15) is 53.8 Å². The van der Waals surface area contributed by atoms with E-state index in [1.54, 1.807) is 31.5 Å². The number of phenols is 2. The minimum absolute atomic E-state index is 0.0242. The summed E-state index contributed by atoms with van der Waals surface area (Å²) in [6.45, 7) is 5.30. The van der Waals surface area contributed by atoms with Gasteiger partial charge in [-0.25, -0.2) is 0 Å². The largest absolute Gasteiger partial charge is 0.508 e. The first-order valence-corrected chi connectivity index (χ1v) is 29.0. The summed E-state index contributed by atoms with van der Waals surface area (Å²) < 4.78 is 0. The van der Waals surface area contributed by atoms with E-state index in [1.165, 1.54) is 41.3 Å². The van der Waals surface area contributed by atoms with Crippen molar-refractivity contribution in [3.05, 3.63) is 132 Å². The van der Waals surface area contributed by atoms with Crippen LogP contribution in [0.25, 0.3) is 21.8 Å². The number of para-hydroxylation sites is 2. The Labute approximate surface area is 498 Å². The molecule has 0 saturated carbocycles. The molecule has 16 N–H and O–H groups in total. The lowest BCUT2D eigenvalue weighted by molar-refractivity contribution is -0.142. The van der Waals surface area contributed by atoms with Crippen LogP contribution in [0.2, 0.25) is 0 Å². The second kappa shape index (κ2) is 30.9. The number of nitrogens with one attached hydrogen (secondary N) is 9. The zero-order valence-corrected chi connectivity index (χ0v) is 48.6. The number of carbonyl (C=O) groups is 8. The monoisotopic (exact) mass is 1180 g/mol. The average molecular weight is 1180 g/mol. The van der Waals surface area contributed by atoms with Crippen LogP contribution in [0.15, 0.2) is 114 Å². The number of likely N-dealkylation sites (N-methyl/N-ethyl adjacent to an activating group) is 1. The maximum absolute atomic E-state index is 15.0. The van der Waals surface area contributed by atoms with Crippen LogP contribution in [0.3, 0.4) is 0 Å².